The maximum absolute atomic E-state index is 12.0. The molecule has 1 aliphatic rings. The summed E-state index contributed by atoms with van der Waals surface area (Å²) in [5, 5.41) is 12.0. The van der Waals surface area contributed by atoms with E-state index in [1.807, 2.05) is 11.2 Å². The number of carbonyl (C=O) groups is 1. The monoisotopic (exact) mass is 302 g/mol. The van der Waals surface area contributed by atoms with Crippen molar-refractivity contribution in [2.75, 3.05) is 38.2 Å². The number of oxime groups is 1. The van der Waals surface area contributed by atoms with Gasteiger partial charge >= 0.3 is 0 Å². The predicted molar refractivity (Wildman–Crippen MR) is 83.3 cm³/mol. The van der Waals surface area contributed by atoms with Crippen LogP contribution in [0.5, 0.6) is 0 Å². The lowest BCUT2D eigenvalue weighted by atomic mass is 10.1. The fourth-order valence-corrected chi connectivity index (χ4v) is 2.87. The Hall–Kier alpha value is -0.950. The molecule has 1 aliphatic heterocycles. The van der Waals surface area contributed by atoms with Crippen molar-refractivity contribution in [2.45, 2.75) is 32.2 Å². The van der Waals surface area contributed by atoms with Crippen LogP contribution in [-0.4, -0.2) is 71.0 Å². The molecular weight excluding hydrogens is 276 g/mol. The van der Waals surface area contributed by atoms with Crippen molar-refractivity contribution in [2.24, 2.45) is 10.9 Å². The molecule has 3 N–H and O–H groups in total. The first kappa shape index (κ1) is 17.1. The van der Waals surface area contributed by atoms with E-state index in [0.717, 1.165) is 44.8 Å². The van der Waals surface area contributed by atoms with E-state index in [-0.39, 0.29) is 17.8 Å². The van der Waals surface area contributed by atoms with Crippen molar-refractivity contribution in [3.05, 3.63) is 0 Å². The number of carbonyl (C=O) groups excluding carboxylic acids is 1. The third-order valence-electron chi connectivity index (χ3n) is 3.65. The Morgan fingerprint density at radius 2 is 2.05 bits per heavy atom. The Kier molecular flexibility index (Phi) is 7.76. The molecule has 0 aliphatic carbocycles. The number of nitrogens with two attached hydrogens (primary N) is 1. The minimum atomic E-state index is -0.0200. The van der Waals surface area contributed by atoms with Gasteiger partial charge in [-0.15, -0.1) is 0 Å². The third kappa shape index (κ3) is 4.86. The van der Waals surface area contributed by atoms with E-state index < -0.39 is 0 Å². The van der Waals surface area contributed by atoms with E-state index in [1.165, 1.54) is 0 Å². The normalized spacial score (nSPS) is 19.1. The van der Waals surface area contributed by atoms with Crippen molar-refractivity contribution in [3.8, 4) is 0 Å². The van der Waals surface area contributed by atoms with Crippen LogP contribution >= 0.6 is 11.8 Å². The predicted octanol–water partition coefficient (Wildman–Crippen LogP) is 0.799. The molecule has 0 spiro atoms. The molecule has 1 unspecified atom stereocenters. The molecule has 0 aromatic rings. The van der Waals surface area contributed by atoms with Gasteiger partial charge in [-0.3, -0.25) is 9.69 Å². The van der Waals surface area contributed by atoms with Gasteiger partial charge in [0.05, 0.1) is 6.04 Å². The lowest BCUT2D eigenvalue weighted by Gasteiger charge is -2.38. The molecule has 7 heteroatoms. The molecule has 1 amide bonds. The zero-order chi connectivity index (χ0) is 15.0. The average molecular weight is 302 g/mol. The van der Waals surface area contributed by atoms with Gasteiger partial charge in [-0.2, -0.15) is 11.8 Å². The van der Waals surface area contributed by atoms with E-state index in [1.54, 1.807) is 11.8 Å². The molecule has 1 atom stereocenters. The van der Waals surface area contributed by atoms with Crippen LogP contribution in [0.2, 0.25) is 0 Å². The SMILES string of the molecule is CCCC(C(N)=NO)N1CCN(C(=O)CCSC)CC1. The molecule has 1 rings (SSSR count). The van der Waals surface area contributed by atoms with E-state index in [9.17, 15) is 4.79 Å². The van der Waals surface area contributed by atoms with Crippen LogP contribution in [0.25, 0.3) is 0 Å². The van der Waals surface area contributed by atoms with Crippen LogP contribution in [0.3, 0.4) is 0 Å². The molecule has 1 heterocycles. The highest BCUT2D eigenvalue weighted by Crippen LogP contribution is 2.12. The summed E-state index contributed by atoms with van der Waals surface area (Å²) in [5.74, 6) is 1.38. The van der Waals surface area contributed by atoms with Gasteiger partial charge in [0.25, 0.3) is 0 Å². The van der Waals surface area contributed by atoms with Crippen LogP contribution in [-0.2, 0) is 4.79 Å². The number of nitrogens with zero attached hydrogens (tertiary/aromatic N) is 3. The largest absolute Gasteiger partial charge is 0.409 e. The quantitative estimate of drug-likeness (QED) is 0.315. The van der Waals surface area contributed by atoms with Gasteiger partial charge in [-0.05, 0) is 12.7 Å². The Bertz CT molecular complexity index is 330. The van der Waals surface area contributed by atoms with Crippen molar-refractivity contribution >= 4 is 23.5 Å². The average Bonchev–Trinajstić information content (AvgIpc) is 2.49. The topological polar surface area (TPSA) is 82.2 Å². The summed E-state index contributed by atoms with van der Waals surface area (Å²) in [7, 11) is 0. The standard InChI is InChI=1S/C13H26N4O2S/c1-3-4-11(13(14)15-19)16-6-8-17(9-7-16)12(18)5-10-20-2/h11,19H,3-10H2,1-2H3,(H2,14,15). The van der Waals surface area contributed by atoms with Gasteiger partial charge in [-0.1, -0.05) is 18.5 Å². The first-order valence-electron chi connectivity index (χ1n) is 7.12. The lowest BCUT2D eigenvalue weighted by molar-refractivity contribution is -0.132. The summed E-state index contributed by atoms with van der Waals surface area (Å²) in [6, 6.07) is -0.0200. The molecule has 116 valence electrons. The lowest BCUT2D eigenvalue weighted by Crippen LogP contribution is -2.55. The third-order valence-corrected chi connectivity index (χ3v) is 4.26. The molecule has 6 nitrogen and oxygen atoms in total. The van der Waals surface area contributed by atoms with Gasteiger partial charge in [0, 0.05) is 38.4 Å². The summed E-state index contributed by atoms with van der Waals surface area (Å²) in [6.45, 7) is 5.11. The van der Waals surface area contributed by atoms with E-state index in [4.69, 9.17) is 10.9 Å². The summed E-state index contributed by atoms with van der Waals surface area (Å²) in [6.07, 6.45) is 4.47. The number of hydrogen-bond acceptors (Lipinski definition) is 5. The van der Waals surface area contributed by atoms with Crippen LogP contribution in [0.4, 0.5) is 0 Å². The molecule has 20 heavy (non-hydrogen) atoms. The first-order chi connectivity index (χ1) is 9.63. The second kappa shape index (κ2) is 9.07. The zero-order valence-electron chi connectivity index (χ0n) is 12.4. The van der Waals surface area contributed by atoms with Crippen LogP contribution < -0.4 is 5.73 Å². The molecule has 0 radical (unpaired) electrons. The molecule has 0 saturated carbocycles. The van der Waals surface area contributed by atoms with Crippen molar-refractivity contribution in [1.29, 1.82) is 0 Å². The fraction of sp³-hybridized carbons (Fsp3) is 0.846. The van der Waals surface area contributed by atoms with Crippen molar-refractivity contribution in [3.63, 3.8) is 0 Å². The highest BCUT2D eigenvalue weighted by molar-refractivity contribution is 7.98. The number of amides is 1. The van der Waals surface area contributed by atoms with Gasteiger partial charge < -0.3 is 15.8 Å². The fourth-order valence-electron chi connectivity index (χ4n) is 2.49. The van der Waals surface area contributed by atoms with Gasteiger partial charge in [0.2, 0.25) is 5.91 Å². The molecule has 1 fully saturated rings. The van der Waals surface area contributed by atoms with E-state index in [2.05, 4.69) is 17.0 Å². The van der Waals surface area contributed by atoms with Gasteiger partial charge in [0.1, 0.15) is 0 Å². The number of thioether (sulfide) groups is 1. The summed E-state index contributed by atoms with van der Waals surface area (Å²) in [4.78, 5) is 16.1. The summed E-state index contributed by atoms with van der Waals surface area (Å²) in [5.41, 5.74) is 5.77. The summed E-state index contributed by atoms with van der Waals surface area (Å²) >= 11 is 1.69. The number of amidine groups is 1. The van der Waals surface area contributed by atoms with Gasteiger partial charge in [-0.25, -0.2) is 0 Å². The molecule has 0 aromatic heterocycles. The van der Waals surface area contributed by atoms with Crippen molar-refractivity contribution < 1.29 is 10.0 Å². The Labute approximate surface area is 125 Å². The van der Waals surface area contributed by atoms with E-state index in [0.29, 0.717) is 6.42 Å². The molecule has 0 aromatic carbocycles. The van der Waals surface area contributed by atoms with Crippen LogP contribution in [0, 0.1) is 0 Å². The number of piperazine rings is 1. The smallest absolute Gasteiger partial charge is 0.223 e. The second-order valence-corrected chi connectivity index (χ2v) is 5.97. The molecular formula is C13H26N4O2S. The Morgan fingerprint density at radius 3 is 2.55 bits per heavy atom. The second-order valence-electron chi connectivity index (χ2n) is 4.99. The first-order valence-corrected chi connectivity index (χ1v) is 8.51. The van der Waals surface area contributed by atoms with Crippen LogP contribution in [0.1, 0.15) is 26.2 Å². The summed E-state index contributed by atoms with van der Waals surface area (Å²) < 4.78 is 0. The van der Waals surface area contributed by atoms with Gasteiger partial charge in [0.15, 0.2) is 5.84 Å². The van der Waals surface area contributed by atoms with Crippen molar-refractivity contribution in [1.82, 2.24) is 9.80 Å². The minimum Gasteiger partial charge on any atom is -0.409 e. The Morgan fingerprint density at radius 1 is 1.40 bits per heavy atom. The molecule has 1 saturated heterocycles. The van der Waals surface area contributed by atoms with Crippen LogP contribution in [0.15, 0.2) is 5.16 Å². The maximum Gasteiger partial charge on any atom is 0.223 e. The zero-order valence-corrected chi connectivity index (χ0v) is 13.2. The number of hydrogen-bond donors (Lipinski definition) is 2. The highest BCUT2D eigenvalue weighted by Gasteiger charge is 2.27. The highest BCUT2D eigenvalue weighted by atomic mass is 32.2. The Balaban J connectivity index is 2.49. The van der Waals surface area contributed by atoms with E-state index >= 15 is 0 Å². The maximum atomic E-state index is 12.0. The number of rotatable bonds is 7. The minimum absolute atomic E-state index is 0.0200. The molecule has 0 bridgehead atoms.